The molecule has 1 heterocycles. The molecule has 1 amide bonds. The molecule has 1 aromatic rings. The summed E-state index contributed by atoms with van der Waals surface area (Å²) in [6.45, 7) is 0.442. The van der Waals surface area contributed by atoms with Crippen molar-refractivity contribution in [2.24, 2.45) is 10.9 Å². The average molecular weight is 327 g/mol. The fraction of sp³-hybridized carbons (Fsp3) is 0.417. The van der Waals surface area contributed by atoms with Gasteiger partial charge in [-0.2, -0.15) is 0 Å². The number of halogens is 1. The number of rotatable bonds is 5. The minimum absolute atomic E-state index is 0.110. The van der Waals surface area contributed by atoms with Gasteiger partial charge in [-0.15, -0.1) is 0 Å². The molecule has 0 aromatic carbocycles. The van der Waals surface area contributed by atoms with Gasteiger partial charge >= 0.3 is 0 Å². The smallest absolute Gasteiger partial charge is 0.272 e. The number of aromatic nitrogens is 1. The Bertz CT molecular complexity index is 485. The van der Waals surface area contributed by atoms with Gasteiger partial charge in [0.25, 0.3) is 5.91 Å². The molecule has 0 atom stereocenters. The number of nitrogens with zero attached hydrogens (tertiary/aromatic N) is 3. The molecule has 7 heteroatoms. The zero-order valence-electron chi connectivity index (χ0n) is 10.3. The van der Waals surface area contributed by atoms with E-state index in [1.165, 1.54) is 0 Å². The summed E-state index contributed by atoms with van der Waals surface area (Å²) in [6, 6.07) is 3.73. The average Bonchev–Trinajstić information content (AvgIpc) is 3.24. The topological polar surface area (TPSA) is 91.8 Å². The molecule has 1 aromatic heterocycles. The molecule has 1 aliphatic carbocycles. The number of nitrogens with two attached hydrogens (primary N) is 1. The van der Waals surface area contributed by atoms with Gasteiger partial charge in [0.1, 0.15) is 11.5 Å². The molecule has 102 valence electrons. The van der Waals surface area contributed by atoms with Crippen LogP contribution >= 0.6 is 15.9 Å². The number of hydrogen-bond acceptors (Lipinski definition) is 4. The van der Waals surface area contributed by atoms with Crippen molar-refractivity contribution in [1.82, 2.24) is 9.88 Å². The van der Waals surface area contributed by atoms with E-state index in [-0.39, 0.29) is 17.8 Å². The Kier molecular flexibility index (Phi) is 4.36. The highest BCUT2D eigenvalue weighted by atomic mass is 79.9. The van der Waals surface area contributed by atoms with E-state index in [4.69, 9.17) is 10.9 Å². The van der Waals surface area contributed by atoms with E-state index in [1.54, 1.807) is 23.2 Å². The molecule has 0 saturated heterocycles. The van der Waals surface area contributed by atoms with E-state index in [0.717, 1.165) is 17.3 Å². The first-order chi connectivity index (χ1) is 9.11. The van der Waals surface area contributed by atoms with Crippen LogP contribution in [-0.4, -0.2) is 39.4 Å². The Morgan fingerprint density at radius 3 is 2.84 bits per heavy atom. The first-order valence-electron chi connectivity index (χ1n) is 6.00. The quantitative estimate of drug-likeness (QED) is 0.372. The van der Waals surface area contributed by atoms with Gasteiger partial charge in [-0.05, 0) is 40.9 Å². The van der Waals surface area contributed by atoms with Crippen molar-refractivity contribution in [3.8, 4) is 0 Å². The standard InChI is InChI=1S/C12H15BrN4O2/c13-8-1-4-10(15-7-8)12(18)17(9-2-3-9)6-5-11(14)16-19/h1,4,7,9,19H,2-3,5-6H2,(H2,14,16). The van der Waals surface area contributed by atoms with Gasteiger partial charge in [0, 0.05) is 29.7 Å². The number of oxime groups is 1. The van der Waals surface area contributed by atoms with E-state index in [2.05, 4.69) is 26.1 Å². The molecule has 0 aliphatic heterocycles. The molecule has 0 bridgehead atoms. The van der Waals surface area contributed by atoms with Gasteiger partial charge in [0.05, 0.1) is 0 Å². The van der Waals surface area contributed by atoms with Crippen molar-refractivity contribution in [1.29, 1.82) is 0 Å². The molecule has 3 N–H and O–H groups in total. The Hall–Kier alpha value is -1.63. The lowest BCUT2D eigenvalue weighted by atomic mass is 10.2. The second kappa shape index (κ2) is 6.01. The minimum atomic E-state index is -0.110. The van der Waals surface area contributed by atoms with Gasteiger partial charge in [-0.3, -0.25) is 4.79 Å². The Morgan fingerprint density at radius 2 is 2.32 bits per heavy atom. The molecule has 1 fully saturated rings. The molecule has 2 rings (SSSR count). The van der Waals surface area contributed by atoms with E-state index in [9.17, 15) is 4.79 Å². The summed E-state index contributed by atoms with van der Waals surface area (Å²) in [5, 5.41) is 11.4. The lowest BCUT2D eigenvalue weighted by molar-refractivity contribution is 0.0741. The van der Waals surface area contributed by atoms with E-state index in [0.29, 0.717) is 18.7 Å². The number of carbonyl (C=O) groups is 1. The van der Waals surface area contributed by atoms with Crippen LogP contribution in [0, 0.1) is 0 Å². The molecule has 0 radical (unpaired) electrons. The predicted molar refractivity (Wildman–Crippen MR) is 74.0 cm³/mol. The molecule has 1 aliphatic rings. The summed E-state index contributed by atoms with van der Waals surface area (Å²) in [5.74, 6) is 0.0166. The first kappa shape index (κ1) is 13.8. The summed E-state index contributed by atoms with van der Waals surface area (Å²) in [7, 11) is 0. The van der Waals surface area contributed by atoms with Gasteiger partial charge in [0.2, 0.25) is 0 Å². The monoisotopic (exact) mass is 326 g/mol. The summed E-state index contributed by atoms with van der Waals surface area (Å²) in [4.78, 5) is 18.2. The second-order valence-corrected chi connectivity index (χ2v) is 5.35. The molecule has 1 saturated carbocycles. The zero-order valence-corrected chi connectivity index (χ0v) is 11.9. The van der Waals surface area contributed by atoms with Crippen LogP contribution < -0.4 is 5.73 Å². The highest BCUT2D eigenvalue weighted by molar-refractivity contribution is 9.10. The fourth-order valence-electron chi connectivity index (χ4n) is 1.77. The number of amides is 1. The van der Waals surface area contributed by atoms with Crippen molar-refractivity contribution < 1.29 is 10.0 Å². The molecular formula is C12H15BrN4O2. The van der Waals surface area contributed by atoms with Crippen LogP contribution in [0.15, 0.2) is 28.0 Å². The molecule has 19 heavy (non-hydrogen) atoms. The van der Waals surface area contributed by atoms with Crippen LogP contribution in [0.1, 0.15) is 29.8 Å². The SMILES string of the molecule is NC(CCN(C(=O)c1ccc(Br)cn1)C1CC1)=NO. The van der Waals surface area contributed by atoms with Crippen molar-refractivity contribution in [2.75, 3.05) is 6.54 Å². The van der Waals surface area contributed by atoms with Crippen molar-refractivity contribution >= 4 is 27.7 Å². The maximum atomic E-state index is 12.3. The number of carbonyl (C=O) groups excluding carboxylic acids is 1. The molecule has 0 spiro atoms. The van der Waals surface area contributed by atoms with Crippen LogP contribution in [0.3, 0.4) is 0 Å². The zero-order chi connectivity index (χ0) is 13.8. The van der Waals surface area contributed by atoms with Gasteiger partial charge in [-0.25, -0.2) is 4.98 Å². The lowest BCUT2D eigenvalue weighted by Crippen LogP contribution is -2.36. The number of amidine groups is 1. The largest absolute Gasteiger partial charge is 0.409 e. The first-order valence-corrected chi connectivity index (χ1v) is 6.80. The summed E-state index contributed by atoms with van der Waals surface area (Å²) < 4.78 is 0.832. The van der Waals surface area contributed by atoms with Crippen molar-refractivity contribution in [3.05, 3.63) is 28.5 Å². The molecule has 6 nitrogen and oxygen atoms in total. The third kappa shape index (κ3) is 3.66. The second-order valence-electron chi connectivity index (χ2n) is 4.43. The highest BCUT2D eigenvalue weighted by Crippen LogP contribution is 2.28. The summed E-state index contributed by atoms with van der Waals surface area (Å²) in [6.07, 6.45) is 3.95. The Morgan fingerprint density at radius 1 is 1.58 bits per heavy atom. The fourth-order valence-corrected chi connectivity index (χ4v) is 2.01. The Labute approximate surface area is 119 Å². The van der Waals surface area contributed by atoms with Gasteiger partial charge in [0.15, 0.2) is 0 Å². The maximum absolute atomic E-state index is 12.3. The van der Waals surface area contributed by atoms with E-state index in [1.807, 2.05) is 0 Å². The Balaban J connectivity index is 2.06. The van der Waals surface area contributed by atoms with Crippen LogP contribution in [-0.2, 0) is 0 Å². The highest BCUT2D eigenvalue weighted by Gasteiger charge is 2.33. The van der Waals surface area contributed by atoms with E-state index < -0.39 is 0 Å². The number of pyridine rings is 1. The number of hydrogen-bond donors (Lipinski definition) is 2. The van der Waals surface area contributed by atoms with Gasteiger partial charge in [-0.1, -0.05) is 5.16 Å². The van der Waals surface area contributed by atoms with Crippen molar-refractivity contribution in [2.45, 2.75) is 25.3 Å². The van der Waals surface area contributed by atoms with Crippen molar-refractivity contribution in [3.63, 3.8) is 0 Å². The van der Waals surface area contributed by atoms with Crippen LogP contribution in [0.5, 0.6) is 0 Å². The summed E-state index contributed by atoms with van der Waals surface area (Å²) in [5.41, 5.74) is 5.85. The van der Waals surface area contributed by atoms with Crippen LogP contribution in [0.25, 0.3) is 0 Å². The maximum Gasteiger partial charge on any atom is 0.272 e. The normalized spacial score (nSPS) is 15.3. The lowest BCUT2D eigenvalue weighted by Gasteiger charge is -2.21. The minimum Gasteiger partial charge on any atom is -0.409 e. The van der Waals surface area contributed by atoms with E-state index >= 15 is 0 Å². The summed E-state index contributed by atoms with van der Waals surface area (Å²) >= 11 is 3.28. The third-order valence-electron chi connectivity index (χ3n) is 2.93. The molecular weight excluding hydrogens is 312 g/mol. The predicted octanol–water partition coefficient (Wildman–Crippen LogP) is 1.59. The van der Waals surface area contributed by atoms with Gasteiger partial charge < -0.3 is 15.8 Å². The molecule has 0 unspecified atom stereocenters. The third-order valence-corrected chi connectivity index (χ3v) is 3.40. The van der Waals surface area contributed by atoms with Crippen LogP contribution in [0.4, 0.5) is 0 Å². The van der Waals surface area contributed by atoms with Crippen LogP contribution in [0.2, 0.25) is 0 Å².